The van der Waals surface area contributed by atoms with E-state index in [1.165, 1.54) is 70.6 Å². The van der Waals surface area contributed by atoms with Crippen molar-refractivity contribution in [1.29, 1.82) is 0 Å². The van der Waals surface area contributed by atoms with Crippen LogP contribution in [0.2, 0.25) is 0 Å². The molecule has 0 saturated heterocycles. The summed E-state index contributed by atoms with van der Waals surface area (Å²) >= 11 is 0. The van der Waals surface area contributed by atoms with Crippen LogP contribution < -0.4 is 0 Å². The highest BCUT2D eigenvalue weighted by atomic mass is 16.4. The fourth-order valence-corrected chi connectivity index (χ4v) is 6.43. The standard InChI is InChI=1S/C30H56O4/c1-25(2)20-16-14-12-10-8-6-5-7-9-11-13-15-17-21-29(27(31)32)22-18-19-23-30(29,28(33)34)24-26(3)4/h25-26H,5-24H2,1-4H3,(H,31,32)(H,33,34). The molecule has 1 aliphatic rings. The van der Waals surface area contributed by atoms with Gasteiger partial charge < -0.3 is 10.2 Å². The first-order valence-electron chi connectivity index (χ1n) is 14.6. The van der Waals surface area contributed by atoms with E-state index in [0.29, 0.717) is 25.7 Å². The minimum absolute atomic E-state index is 0.179. The van der Waals surface area contributed by atoms with E-state index in [9.17, 15) is 19.8 Å². The molecule has 200 valence electrons. The van der Waals surface area contributed by atoms with Crippen LogP contribution in [0.25, 0.3) is 0 Å². The van der Waals surface area contributed by atoms with Crippen molar-refractivity contribution in [3.05, 3.63) is 0 Å². The number of carboxylic acid groups (broad SMARTS) is 2. The van der Waals surface area contributed by atoms with Gasteiger partial charge in [0.1, 0.15) is 0 Å². The number of hydrogen-bond donors (Lipinski definition) is 2. The quantitative estimate of drug-likeness (QED) is 0.170. The van der Waals surface area contributed by atoms with Crippen LogP contribution in [-0.4, -0.2) is 22.2 Å². The summed E-state index contributed by atoms with van der Waals surface area (Å²) in [6.45, 7) is 8.64. The van der Waals surface area contributed by atoms with Gasteiger partial charge in [0.15, 0.2) is 0 Å². The molecule has 1 rings (SSSR count). The Kier molecular flexibility index (Phi) is 15.1. The molecule has 34 heavy (non-hydrogen) atoms. The lowest BCUT2D eigenvalue weighted by Gasteiger charge is -2.49. The maximum absolute atomic E-state index is 12.5. The third-order valence-corrected chi connectivity index (χ3v) is 8.33. The van der Waals surface area contributed by atoms with E-state index >= 15 is 0 Å². The highest BCUT2D eigenvalue weighted by Crippen LogP contribution is 2.57. The van der Waals surface area contributed by atoms with Crippen LogP contribution in [0.4, 0.5) is 0 Å². The summed E-state index contributed by atoms with van der Waals surface area (Å²) in [4.78, 5) is 24.9. The molecule has 2 atom stereocenters. The Morgan fingerprint density at radius 3 is 1.35 bits per heavy atom. The summed E-state index contributed by atoms with van der Waals surface area (Å²) in [7, 11) is 0. The Morgan fingerprint density at radius 2 is 0.971 bits per heavy atom. The fourth-order valence-electron chi connectivity index (χ4n) is 6.43. The number of carboxylic acids is 2. The van der Waals surface area contributed by atoms with Crippen LogP contribution >= 0.6 is 0 Å². The molecule has 0 aliphatic heterocycles. The van der Waals surface area contributed by atoms with Crippen LogP contribution in [0.15, 0.2) is 0 Å². The molecule has 0 spiro atoms. The average molecular weight is 481 g/mol. The molecule has 2 unspecified atom stereocenters. The lowest BCUT2D eigenvalue weighted by molar-refractivity contribution is -0.183. The molecule has 0 aromatic carbocycles. The predicted molar refractivity (Wildman–Crippen MR) is 142 cm³/mol. The largest absolute Gasteiger partial charge is 0.481 e. The first-order chi connectivity index (χ1) is 16.2. The lowest BCUT2D eigenvalue weighted by atomic mass is 9.51. The smallest absolute Gasteiger partial charge is 0.310 e. The van der Waals surface area contributed by atoms with Gasteiger partial charge in [-0.25, -0.2) is 0 Å². The first-order valence-corrected chi connectivity index (χ1v) is 14.6. The average Bonchev–Trinajstić information content (AvgIpc) is 2.76. The molecule has 2 N–H and O–H groups in total. The number of hydrogen-bond acceptors (Lipinski definition) is 2. The monoisotopic (exact) mass is 480 g/mol. The molecule has 0 amide bonds. The van der Waals surface area contributed by atoms with Crippen molar-refractivity contribution >= 4 is 11.9 Å². The van der Waals surface area contributed by atoms with Crippen molar-refractivity contribution in [2.24, 2.45) is 22.7 Å². The Labute approximate surface area is 210 Å². The van der Waals surface area contributed by atoms with Gasteiger partial charge in [-0.1, -0.05) is 130 Å². The van der Waals surface area contributed by atoms with Crippen molar-refractivity contribution in [2.45, 2.75) is 156 Å². The summed E-state index contributed by atoms with van der Waals surface area (Å²) in [6, 6.07) is 0. The van der Waals surface area contributed by atoms with Gasteiger partial charge in [0.05, 0.1) is 10.8 Å². The summed E-state index contributed by atoms with van der Waals surface area (Å²) in [5.74, 6) is -0.749. The molecule has 4 nitrogen and oxygen atoms in total. The van der Waals surface area contributed by atoms with Gasteiger partial charge in [0.25, 0.3) is 0 Å². The van der Waals surface area contributed by atoms with Crippen molar-refractivity contribution in [3.63, 3.8) is 0 Å². The molecule has 0 aromatic rings. The Morgan fingerprint density at radius 1 is 0.588 bits per heavy atom. The van der Waals surface area contributed by atoms with Crippen molar-refractivity contribution in [2.75, 3.05) is 0 Å². The van der Waals surface area contributed by atoms with E-state index in [-0.39, 0.29) is 5.92 Å². The van der Waals surface area contributed by atoms with Crippen molar-refractivity contribution in [3.8, 4) is 0 Å². The van der Waals surface area contributed by atoms with Crippen molar-refractivity contribution in [1.82, 2.24) is 0 Å². The molecule has 0 bridgehead atoms. The Balaban J connectivity index is 2.27. The summed E-state index contributed by atoms with van der Waals surface area (Å²) in [6.07, 6.45) is 21.4. The van der Waals surface area contributed by atoms with E-state index in [1.54, 1.807) is 0 Å². The van der Waals surface area contributed by atoms with E-state index in [4.69, 9.17) is 0 Å². The van der Waals surface area contributed by atoms with Gasteiger partial charge in [-0.2, -0.15) is 0 Å². The van der Waals surface area contributed by atoms with Crippen LogP contribution in [0.3, 0.4) is 0 Å². The maximum atomic E-state index is 12.5. The lowest BCUT2D eigenvalue weighted by Crippen LogP contribution is -2.55. The SMILES string of the molecule is CC(C)CCCCCCCCCCCCCCCC1(C(=O)O)CCCCC1(CC(C)C)C(=O)O. The van der Waals surface area contributed by atoms with E-state index in [0.717, 1.165) is 38.0 Å². The van der Waals surface area contributed by atoms with Crippen LogP contribution in [0.1, 0.15) is 156 Å². The van der Waals surface area contributed by atoms with Gasteiger partial charge in [-0.05, 0) is 37.5 Å². The predicted octanol–water partition coefficient (Wildman–Crippen LogP) is 9.26. The topological polar surface area (TPSA) is 74.6 Å². The normalized spacial score (nSPS) is 23.0. The zero-order chi connectivity index (χ0) is 25.5. The van der Waals surface area contributed by atoms with Crippen LogP contribution in [0.5, 0.6) is 0 Å². The molecule has 0 radical (unpaired) electrons. The molecular weight excluding hydrogens is 424 g/mol. The van der Waals surface area contributed by atoms with Gasteiger partial charge in [0.2, 0.25) is 0 Å². The molecule has 1 fully saturated rings. The molecule has 4 heteroatoms. The van der Waals surface area contributed by atoms with Gasteiger partial charge >= 0.3 is 11.9 Å². The van der Waals surface area contributed by atoms with E-state index in [2.05, 4.69) is 13.8 Å². The zero-order valence-corrected chi connectivity index (χ0v) is 23.0. The number of carbonyl (C=O) groups is 2. The van der Waals surface area contributed by atoms with E-state index in [1.807, 2.05) is 13.8 Å². The van der Waals surface area contributed by atoms with Gasteiger partial charge in [-0.3, -0.25) is 9.59 Å². The van der Waals surface area contributed by atoms with Gasteiger partial charge in [0, 0.05) is 0 Å². The summed E-state index contributed by atoms with van der Waals surface area (Å²) in [5, 5.41) is 20.4. The Bertz CT molecular complexity index is 570. The second-order valence-corrected chi connectivity index (χ2v) is 12.1. The van der Waals surface area contributed by atoms with E-state index < -0.39 is 22.8 Å². The van der Waals surface area contributed by atoms with Gasteiger partial charge in [-0.15, -0.1) is 0 Å². The maximum Gasteiger partial charge on any atom is 0.310 e. The number of rotatable bonds is 20. The second kappa shape index (κ2) is 16.6. The molecule has 1 saturated carbocycles. The summed E-state index contributed by atoms with van der Waals surface area (Å²) < 4.78 is 0. The third kappa shape index (κ3) is 9.90. The van der Waals surface area contributed by atoms with Crippen LogP contribution in [-0.2, 0) is 9.59 Å². The van der Waals surface area contributed by atoms with Crippen LogP contribution in [0, 0.1) is 22.7 Å². The zero-order valence-electron chi connectivity index (χ0n) is 23.0. The van der Waals surface area contributed by atoms with Crippen molar-refractivity contribution < 1.29 is 19.8 Å². The minimum Gasteiger partial charge on any atom is -0.481 e. The molecular formula is C30H56O4. The molecule has 0 aromatic heterocycles. The first kappa shape index (κ1) is 31.0. The molecule has 1 aliphatic carbocycles. The second-order valence-electron chi connectivity index (χ2n) is 12.1. The minimum atomic E-state index is -1.11. The highest BCUT2D eigenvalue weighted by Gasteiger charge is 2.61. The number of aliphatic carboxylic acids is 2. The molecule has 0 heterocycles. The highest BCUT2D eigenvalue weighted by molar-refractivity contribution is 5.87. The number of unbranched alkanes of at least 4 members (excludes halogenated alkanes) is 12. The Hall–Kier alpha value is -1.06. The third-order valence-electron chi connectivity index (χ3n) is 8.33. The summed E-state index contributed by atoms with van der Waals surface area (Å²) in [5.41, 5.74) is -2.21. The fraction of sp³-hybridized carbons (Fsp3) is 0.933.